The normalized spacial score (nSPS) is 20.6. The molecule has 1 fully saturated rings. The van der Waals surface area contributed by atoms with E-state index in [-0.39, 0.29) is 29.1 Å². The average molecular weight is 390 g/mol. The van der Waals surface area contributed by atoms with Crippen molar-refractivity contribution in [2.45, 2.75) is 31.7 Å². The summed E-state index contributed by atoms with van der Waals surface area (Å²) in [7, 11) is 1.51. The minimum Gasteiger partial charge on any atom is -0.380 e. The third-order valence-corrected chi connectivity index (χ3v) is 4.52. The van der Waals surface area contributed by atoms with Gasteiger partial charge in [0.25, 0.3) is 5.91 Å². The van der Waals surface area contributed by atoms with Crippen molar-refractivity contribution in [1.29, 1.82) is 0 Å². The Hall–Kier alpha value is -2.13. The first-order chi connectivity index (χ1) is 12.2. The van der Waals surface area contributed by atoms with Crippen molar-refractivity contribution in [2.24, 2.45) is 0 Å². The highest BCUT2D eigenvalue weighted by Gasteiger charge is 2.40. The van der Waals surface area contributed by atoms with Gasteiger partial charge in [0.1, 0.15) is 6.04 Å². The van der Waals surface area contributed by atoms with Crippen molar-refractivity contribution in [3.05, 3.63) is 46.1 Å². The molecule has 0 spiro atoms. The molecule has 10 heteroatoms. The predicted molar refractivity (Wildman–Crippen MR) is 84.7 cm³/mol. The number of benzene rings is 1. The Balaban J connectivity index is 1.92. The molecule has 3 rings (SSSR count). The van der Waals surface area contributed by atoms with Gasteiger partial charge in [0.15, 0.2) is 5.82 Å². The van der Waals surface area contributed by atoms with E-state index in [1.165, 1.54) is 12.0 Å². The van der Waals surface area contributed by atoms with E-state index in [1.54, 1.807) is 6.92 Å². The monoisotopic (exact) mass is 389 g/mol. The fourth-order valence-electron chi connectivity index (χ4n) is 2.89. The lowest BCUT2D eigenvalue weighted by Crippen LogP contribution is -2.32. The van der Waals surface area contributed by atoms with Gasteiger partial charge in [-0.3, -0.25) is 4.79 Å². The number of aryl methyl sites for hydroxylation is 1. The molecule has 1 amide bonds. The molecule has 0 saturated carbocycles. The SMILES string of the molecule is CO[C@H]1C[C@H](c2nc(C)no2)N(C(=O)c2ccc(C(F)(F)F)cc2Cl)C1. The van der Waals surface area contributed by atoms with Crippen LogP contribution in [0.25, 0.3) is 0 Å². The van der Waals surface area contributed by atoms with E-state index >= 15 is 0 Å². The second-order valence-electron chi connectivity index (χ2n) is 5.94. The molecule has 2 heterocycles. The lowest BCUT2D eigenvalue weighted by molar-refractivity contribution is -0.137. The van der Waals surface area contributed by atoms with Crippen LogP contribution in [0.3, 0.4) is 0 Å². The van der Waals surface area contributed by atoms with E-state index in [4.69, 9.17) is 20.9 Å². The van der Waals surface area contributed by atoms with Gasteiger partial charge in [-0.1, -0.05) is 16.8 Å². The predicted octanol–water partition coefficient (Wildman–Crippen LogP) is 3.65. The number of likely N-dealkylation sites (tertiary alicyclic amines) is 1. The highest BCUT2D eigenvalue weighted by molar-refractivity contribution is 6.33. The Morgan fingerprint density at radius 3 is 2.69 bits per heavy atom. The molecule has 2 atom stereocenters. The van der Waals surface area contributed by atoms with Crippen LogP contribution in [0.2, 0.25) is 5.02 Å². The molecule has 1 aromatic heterocycles. The van der Waals surface area contributed by atoms with Gasteiger partial charge in [-0.15, -0.1) is 0 Å². The number of hydrogen-bond donors (Lipinski definition) is 0. The molecule has 0 bridgehead atoms. The number of methoxy groups -OCH3 is 1. The summed E-state index contributed by atoms with van der Waals surface area (Å²) in [6.45, 7) is 1.88. The number of hydrogen-bond acceptors (Lipinski definition) is 5. The molecule has 1 saturated heterocycles. The summed E-state index contributed by atoms with van der Waals surface area (Å²) in [6, 6.07) is 2.11. The standard InChI is InChI=1S/C16H15ClF3N3O3/c1-8-21-14(26-22-8)13-6-10(25-2)7-23(13)15(24)11-4-3-9(5-12(11)17)16(18,19)20/h3-5,10,13H,6-7H2,1-2H3/t10-,13+/m0/s1. The van der Waals surface area contributed by atoms with Gasteiger partial charge in [0.2, 0.25) is 5.89 Å². The van der Waals surface area contributed by atoms with Gasteiger partial charge < -0.3 is 14.2 Å². The smallest absolute Gasteiger partial charge is 0.380 e. The zero-order valence-electron chi connectivity index (χ0n) is 13.9. The number of nitrogens with zero attached hydrogens (tertiary/aromatic N) is 3. The van der Waals surface area contributed by atoms with Crippen molar-refractivity contribution >= 4 is 17.5 Å². The van der Waals surface area contributed by atoms with Crippen LogP contribution < -0.4 is 0 Å². The second-order valence-corrected chi connectivity index (χ2v) is 6.35. The molecule has 2 aromatic rings. The number of carbonyl (C=O) groups excluding carboxylic acids is 1. The van der Waals surface area contributed by atoms with Crippen LogP contribution >= 0.6 is 11.6 Å². The Kier molecular flexibility index (Phi) is 4.94. The van der Waals surface area contributed by atoms with Gasteiger partial charge in [-0.05, 0) is 25.1 Å². The number of rotatable bonds is 3. The van der Waals surface area contributed by atoms with E-state index in [0.29, 0.717) is 12.2 Å². The molecule has 6 nitrogen and oxygen atoms in total. The Morgan fingerprint density at radius 1 is 1.42 bits per heavy atom. The van der Waals surface area contributed by atoms with Crippen molar-refractivity contribution < 1.29 is 27.2 Å². The number of alkyl halides is 3. The molecular formula is C16H15ClF3N3O3. The van der Waals surface area contributed by atoms with Crippen molar-refractivity contribution in [2.75, 3.05) is 13.7 Å². The molecule has 140 valence electrons. The third kappa shape index (κ3) is 3.54. The quantitative estimate of drug-likeness (QED) is 0.801. The summed E-state index contributed by atoms with van der Waals surface area (Å²) in [5.74, 6) is 0.142. The minimum atomic E-state index is -4.54. The summed E-state index contributed by atoms with van der Waals surface area (Å²) in [6.07, 6.45) is -4.37. The van der Waals surface area contributed by atoms with Crippen molar-refractivity contribution in [3.63, 3.8) is 0 Å². The molecule has 0 unspecified atom stereocenters. The van der Waals surface area contributed by atoms with E-state index in [2.05, 4.69) is 10.1 Å². The Morgan fingerprint density at radius 2 is 2.15 bits per heavy atom. The maximum atomic E-state index is 12.9. The molecule has 1 aliphatic heterocycles. The first-order valence-corrected chi connectivity index (χ1v) is 8.09. The number of aromatic nitrogens is 2. The topological polar surface area (TPSA) is 68.5 Å². The molecular weight excluding hydrogens is 375 g/mol. The minimum absolute atomic E-state index is 0.0299. The first kappa shape index (κ1) is 18.7. The molecule has 26 heavy (non-hydrogen) atoms. The van der Waals surface area contributed by atoms with E-state index in [9.17, 15) is 18.0 Å². The first-order valence-electron chi connectivity index (χ1n) is 7.71. The maximum absolute atomic E-state index is 12.9. The van der Waals surface area contributed by atoms with Crippen LogP contribution in [0, 0.1) is 6.92 Å². The summed E-state index contributed by atoms with van der Waals surface area (Å²) in [5.41, 5.74) is -0.947. The number of amides is 1. The van der Waals surface area contributed by atoms with Crippen LogP contribution in [-0.4, -0.2) is 40.7 Å². The summed E-state index contributed by atoms with van der Waals surface area (Å²) in [5, 5.41) is 3.45. The molecule has 0 radical (unpaired) electrons. The highest BCUT2D eigenvalue weighted by atomic mass is 35.5. The van der Waals surface area contributed by atoms with Gasteiger partial charge in [0.05, 0.1) is 22.3 Å². The zero-order valence-corrected chi connectivity index (χ0v) is 14.6. The fourth-order valence-corrected chi connectivity index (χ4v) is 3.16. The van der Waals surface area contributed by atoms with E-state index in [1.807, 2.05) is 0 Å². The Bertz CT molecular complexity index is 825. The Labute approximate surface area is 151 Å². The van der Waals surface area contributed by atoms with Crippen LogP contribution in [0.1, 0.15) is 40.1 Å². The number of ether oxygens (including phenoxy) is 1. The van der Waals surface area contributed by atoms with Gasteiger partial charge in [0, 0.05) is 20.1 Å². The third-order valence-electron chi connectivity index (χ3n) is 4.21. The zero-order chi connectivity index (χ0) is 19.1. The summed E-state index contributed by atoms with van der Waals surface area (Å²) >= 11 is 5.95. The maximum Gasteiger partial charge on any atom is 0.416 e. The van der Waals surface area contributed by atoms with Crippen molar-refractivity contribution in [3.8, 4) is 0 Å². The summed E-state index contributed by atoms with van der Waals surface area (Å²) < 4.78 is 48.8. The average Bonchev–Trinajstić information content (AvgIpc) is 3.19. The largest absolute Gasteiger partial charge is 0.416 e. The fraction of sp³-hybridized carbons (Fsp3) is 0.438. The second kappa shape index (κ2) is 6.88. The number of carbonyl (C=O) groups is 1. The van der Waals surface area contributed by atoms with Crippen LogP contribution in [0.15, 0.2) is 22.7 Å². The molecule has 0 N–H and O–H groups in total. The lowest BCUT2D eigenvalue weighted by atomic mass is 10.1. The molecule has 1 aromatic carbocycles. The van der Waals surface area contributed by atoms with E-state index < -0.39 is 23.7 Å². The highest BCUT2D eigenvalue weighted by Crippen LogP contribution is 2.36. The van der Waals surface area contributed by atoms with Crippen LogP contribution in [0.5, 0.6) is 0 Å². The van der Waals surface area contributed by atoms with Gasteiger partial charge in [-0.2, -0.15) is 18.2 Å². The van der Waals surface area contributed by atoms with Gasteiger partial charge in [-0.25, -0.2) is 0 Å². The van der Waals surface area contributed by atoms with Crippen LogP contribution in [-0.2, 0) is 10.9 Å². The number of halogens is 4. The molecule has 1 aliphatic rings. The van der Waals surface area contributed by atoms with Gasteiger partial charge >= 0.3 is 6.18 Å². The lowest BCUT2D eigenvalue weighted by Gasteiger charge is -2.22. The van der Waals surface area contributed by atoms with Crippen molar-refractivity contribution in [1.82, 2.24) is 15.0 Å². The molecule has 0 aliphatic carbocycles. The van der Waals surface area contributed by atoms with Crippen LogP contribution in [0.4, 0.5) is 13.2 Å². The summed E-state index contributed by atoms with van der Waals surface area (Å²) in [4.78, 5) is 18.5. The van der Waals surface area contributed by atoms with E-state index in [0.717, 1.165) is 18.2 Å².